The zero-order valence-electron chi connectivity index (χ0n) is 10.1. The maximum absolute atomic E-state index is 11.8. The zero-order chi connectivity index (χ0) is 13.1. The van der Waals surface area contributed by atoms with Crippen molar-refractivity contribution in [1.29, 1.82) is 0 Å². The van der Waals surface area contributed by atoms with Crippen LogP contribution in [0.2, 0.25) is 0 Å². The van der Waals surface area contributed by atoms with Crippen molar-refractivity contribution in [3.8, 4) is 0 Å². The van der Waals surface area contributed by atoms with Gasteiger partial charge in [-0.15, -0.1) is 11.3 Å². The number of carbonyl (C=O) groups excluding carboxylic acids is 1. The SMILES string of the molecule is O=C(Cc1cscn1)NCc1[nH]nc2ccccc12. The summed E-state index contributed by atoms with van der Waals surface area (Å²) in [5, 5.41) is 12.9. The number of carbonyl (C=O) groups is 1. The van der Waals surface area contributed by atoms with Crippen LogP contribution in [0.25, 0.3) is 10.9 Å². The van der Waals surface area contributed by atoms with Crippen molar-refractivity contribution in [3.05, 3.63) is 46.5 Å². The number of aromatic nitrogens is 3. The second kappa shape index (κ2) is 5.19. The van der Waals surface area contributed by atoms with Crippen molar-refractivity contribution in [1.82, 2.24) is 20.5 Å². The van der Waals surface area contributed by atoms with Crippen LogP contribution in [0.1, 0.15) is 11.4 Å². The van der Waals surface area contributed by atoms with Crippen molar-refractivity contribution >= 4 is 28.1 Å². The molecule has 3 rings (SSSR count). The standard InChI is InChI=1S/C13H12N4OS/c18-13(5-9-7-19-8-15-9)14-6-12-10-3-1-2-4-11(10)16-17-12/h1-4,7-8H,5-6H2,(H,14,18)(H,16,17). The third-order valence-corrected chi connectivity index (χ3v) is 3.46. The molecule has 19 heavy (non-hydrogen) atoms. The van der Waals surface area contributed by atoms with Gasteiger partial charge < -0.3 is 5.32 Å². The fourth-order valence-electron chi connectivity index (χ4n) is 1.89. The van der Waals surface area contributed by atoms with E-state index in [0.29, 0.717) is 13.0 Å². The van der Waals surface area contributed by atoms with E-state index in [1.54, 1.807) is 5.51 Å². The van der Waals surface area contributed by atoms with Crippen molar-refractivity contribution in [3.63, 3.8) is 0 Å². The van der Waals surface area contributed by atoms with Gasteiger partial charge in [-0.2, -0.15) is 5.10 Å². The summed E-state index contributed by atoms with van der Waals surface area (Å²) in [4.78, 5) is 15.8. The van der Waals surface area contributed by atoms with Crippen molar-refractivity contribution in [2.75, 3.05) is 0 Å². The average Bonchev–Trinajstić information content (AvgIpc) is 3.05. The van der Waals surface area contributed by atoms with Crippen LogP contribution in [0, 0.1) is 0 Å². The van der Waals surface area contributed by atoms with Gasteiger partial charge in [-0.05, 0) is 6.07 Å². The Morgan fingerprint density at radius 1 is 1.37 bits per heavy atom. The van der Waals surface area contributed by atoms with E-state index in [1.807, 2.05) is 29.6 Å². The molecular formula is C13H12N4OS. The van der Waals surface area contributed by atoms with Gasteiger partial charge in [0.05, 0.1) is 35.4 Å². The fourth-order valence-corrected chi connectivity index (χ4v) is 2.45. The molecule has 2 heterocycles. The van der Waals surface area contributed by atoms with Gasteiger partial charge in [0.2, 0.25) is 5.91 Å². The Morgan fingerprint density at radius 3 is 3.11 bits per heavy atom. The van der Waals surface area contributed by atoms with E-state index < -0.39 is 0 Å². The van der Waals surface area contributed by atoms with Crippen molar-refractivity contribution in [2.24, 2.45) is 0 Å². The van der Waals surface area contributed by atoms with Crippen LogP contribution < -0.4 is 5.32 Å². The summed E-state index contributed by atoms with van der Waals surface area (Å²) in [6.45, 7) is 0.448. The minimum Gasteiger partial charge on any atom is -0.350 e. The first-order valence-electron chi connectivity index (χ1n) is 5.88. The Labute approximate surface area is 113 Å². The molecule has 5 nitrogen and oxygen atoms in total. The Bertz CT molecular complexity index is 690. The summed E-state index contributed by atoms with van der Waals surface area (Å²) in [5.74, 6) is -0.0374. The average molecular weight is 272 g/mol. The first kappa shape index (κ1) is 11.9. The van der Waals surface area contributed by atoms with Gasteiger partial charge in [-0.1, -0.05) is 18.2 Å². The lowest BCUT2D eigenvalue weighted by atomic mass is 10.2. The van der Waals surface area contributed by atoms with Gasteiger partial charge in [-0.3, -0.25) is 9.89 Å². The molecule has 1 amide bonds. The van der Waals surface area contributed by atoms with Crippen LogP contribution in [0.3, 0.4) is 0 Å². The highest BCUT2D eigenvalue weighted by atomic mass is 32.1. The number of rotatable bonds is 4. The molecule has 2 N–H and O–H groups in total. The maximum atomic E-state index is 11.8. The topological polar surface area (TPSA) is 70.7 Å². The second-order valence-electron chi connectivity index (χ2n) is 4.15. The monoisotopic (exact) mass is 272 g/mol. The van der Waals surface area contributed by atoms with Gasteiger partial charge in [0.15, 0.2) is 0 Å². The smallest absolute Gasteiger partial charge is 0.226 e. The van der Waals surface area contributed by atoms with Gasteiger partial charge in [-0.25, -0.2) is 4.98 Å². The fraction of sp³-hybridized carbons (Fsp3) is 0.154. The van der Waals surface area contributed by atoms with E-state index >= 15 is 0 Å². The van der Waals surface area contributed by atoms with Crippen molar-refractivity contribution in [2.45, 2.75) is 13.0 Å². The highest BCUT2D eigenvalue weighted by Crippen LogP contribution is 2.14. The van der Waals surface area contributed by atoms with Crippen molar-refractivity contribution < 1.29 is 4.79 Å². The number of hydrogen-bond donors (Lipinski definition) is 2. The number of nitrogens with zero attached hydrogens (tertiary/aromatic N) is 2. The van der Waals surface area contributed by atoms with E-state index in [-0.39, 0.29) is 5.91 Å². The number of fused-ring (bicyclic) bond motifs is 1. The molecule has 0 spiro atoms. The minimum absolute atomic E-state index is 0.0374. The molecule has 0 aliphatic heterocycles. The molecule has 0 aliphatic carbocycles. The Kier molecular flexibility index (Phi) is 3.24. The molecule has 96 valence electrons. The quantitative estimate of drug-likeness (QED) is 0.761. The van der Waals surface area contributed by atoms with Gasteiger partial charge in [0, 0.05) is 10.8 Å². The third-order valence-electron chi connectivity index (χ3n) is 2.83. The Hall–Kier alpha value is -2.21. The van der Waals surface area contributed by atoms with Gasteiger partial charge in [0.25, 0.3) is 0 Å². The first-order valence-corrected chi connectivity index (χ1v) is 6.83. The zero-order valence-corrected chi connectivity index (χ0v) is 10.9. The van der Waals surface area contributed by atoms with E-state index in [9.17, 15) is 4.79 Å². The normalized spacial score (nSPS) is 10.7. The molecular weight excluding hydrogens is 260 g/mol. The molecule has 1 aromatic carbocycles. The molecule has 0 bridgehead atoms. The molecule has 0 aliphatic rings. The lowest BCUT2D eigenvalue weighted by molar-refractivity contribution is -0.120. The number of para-hydroxylation sites is 1. The van der Waals surface area contributed by atoms with Gasteiger partial charge in [0.1, 0.15) is 0 Å². The van der Waals surface area contributed by atoms with E-state index in [2.05, 4.69) is 20.5 Å². The number of hydrogen-bond acceptors (Lipinski definition) is 4. The highest BCUT2D eigenvalue weighted by molar-refractivity contribution is 7.07. The number of thiazole rings is 1. The summed E-state index contributed by atoms with van der Waals surface area (Å²) in [6, 6.07) is 7.82. The summed E-state index contributed by atoms with van der Waals surface area (Å²) in [6.07, 6.45) is 0.315. The molecule has 0 saturated carbocycles. The lowest BCUT2D eigenvalue weighted by Crippen LogP contribution is -2.24. The number of H-pyrrole nitrogens is 1. The predicted molar refractivity (Wildman–Crippen MR) is 73.8 cm³/mol. The number of amides is 1. The molecule has 0 saturated heterocycles. The molecule has 6 heteroatoms. The first-order chi connectivity index (χ1) is 9.33. The molecule has 0 radical (unpaired) electrons. The molecule has 2 aromatic heterocycles. The van der Waals surface area contributed by atoms with E-state index in [0.717, 1.165) is 22.3 Å². The number of benzene rings is 1. The molecule has 3 aromatic rings. The van der Waals surface area contributed by atoms with E-state index in [4.69, 9.17) is 0 Å². The highest BCUT2D eigenvalue weighted by Gasteiger charge is 2.08. The van der Waals surface area contributed by atoms with Gasteiger partial charge >= 0.3 is 0 Å². The van der Waals surface area contributed by atoms with E-state index in [1.165, 1.54) is 11.3 Å². The predicted octanol–water partition coefficient (Wildman–Crippen LogP) is 1.88. The van der Waals surface area contributed by atoms with Crippen LogP contribution in [-0.2, 0) is 17.8 Å². The van der Waals surface area contributed by atoms with Crippen LogP contribution in [-0.4, -0.2) is 21.1 Å². The van der Waals surface area contributed by atoms with Crippen LogP contribution >= 0.6 is 11.3 Å². The van der Waals surface area contributed by atoms with Crippen LogP contribution in [0.4, 0.5) is 0 Å². The lowest BCUT2D eigenvalue weighted by Gasteiger charge is -2.02. The minimum atomic E-state index is -0.0374. The maximum Gasteiger partial charge on any atom is 0.226 e. The summed E-state index contributed by atoms with van der Waals surface area (Å²) >= 11 is 1.49. The Morgan fingerprint density at radius 2 is 2.26 bits per heavy atom. The summed E-state index contributed by atoms with van der Waals surface area (Å²) in [7, 11) is 0. The number of aromatic amines is 1. The molecule has 0 atom stereocenters. The van der Waals surface area contributed by atoms with Crippen LogP contribution in [0.15, 0.2) is 35.2 Å². The third kappa shape index (κ3) is 2.63. The summed E-state index contributed by atoms with van der Waals surface area (Å²) < 4.78 is 0. The summed E-state index contributed by atoms with van der Waals surface area (Å²) in [5.41, 5.74) is 4.36. The number of nitrogens with one attached hydrogen (secondary N) is 2. The molecule has 0 unspecified atom stereocenters. The second-order valence-corrected chi connectivity index (χ2v) is 4.87. The van der Waals surface area contributed by atoms with Crippen LogP contribution in [0.5, 0.6) is 0 Å². The Balaban J connectivity index is 1.64. The molecule has 0 fully saturated rings. The largest absolute Gasteiger partial charge is 0.350 e.